The molecule has 0 amide bonds. The molecule has 7 heteroatoms. The van der Waals surface area contributed by atoms with Gasteiger partial charge in [-0.2, -0.15) is 0 Å². The van der Waals surface area contributed by atoms with Crippen LogP contribution >= 0.6 is 23.2 Å². The van der Waals surface area contributed by atoms with E-state index in [9.17, 15) is 8.78 Å². The molecule has 1 aromatic carbocycles. The summed E-state index contributed by atoms with van der Waals surface area (Å²) in [5, 5.41) is 0.141. The number of halogens is 4. The van der Waals surface area contributed by atoms with E-state index >= 15 is 0 Å². The summed E-state index contributed by atoms with van der Waals surface area (Å²) in [6, 6.07) is 3.90. The van der Waals surface area contributed by atoms with Gasteiger partial charge in [0.15, 0.2) is 17.4 Å². The molecule has 0 unspecified atom stereocenters. The lowest BCUT2D eigenvalue weighted by molar-refractivity contribution is 0.279. The Morgan fingerprint density at radius 1 is 1.17 bits per heavy atom. The Bertz CT molecular complexity index is 581. The lowest BCUT2D eigenvalue weighted by Gasteiger charge is -2.07. The fourth-order valence-corrected chi connectivity index (χ4v) is 1.53. The van der Waals surface area contributed by atoms with Crippen molar-refractivity contribution in [1.29, 1.82) is 0 Å². The predicted octanol–water partition coefficient (Wildman–Crippen LogP) is 3.64. The molecule has 0 spiro atoms. The van der Waals surface area contributed by atoms with Gasteiger partial charge >= 0.3 is 0 Å². The van der Waals surface area contributed by atoms with Gasteiger partial charge in [-0.15, -0.1) is 0 Å². The largest absolute Gasteiger partial charge is 0.484 e. The maximum absolute atomic E-state index is 13.4. The number of ether oxygens (including phenoxy) is 1. The average Bonchev–Trinajstić information content (AvgIpc) is 2.32. The third-order valence-corrected chi connectivity index (χ3v) is 2.46. The van der Waals surface area contributed by atoms with Gasteiger partial charge in [-0.25, -0.2) is 18.7 Å². The van der Waals surface area contributed by atoms with Crippen LogP contribution in [0.15, 0.2) is 24.4 Å². The van der Waals surface area contributed by atoms with E-state index in [0.717, 1.165) is 12.3 Å². The van der Waals surface area contributed by atoms with Gasteiger partial charge in [0.2, 0.25) is 5.28 Å². The summed E-state index contributed by atoms with van der Waals surface area (Å²) in [7, 11) is 0. The van der Waals surface area contributed by atoms with Crippen LogP contribution in [-0.2, 0) is 6.61 Å². The summed E-state index contributed by atoms with van der Waals surface area (Å²) >= 11 is 11.1. The molecule has 0 bridgehead atoms. The Morgan fingerprint density at radius 3 is 2.67 bits per heavy atom. The van der Waals surface area contributed by atoms with Crippen LogP contribution in [0.25, 0.3) is 0 Å². The zero-order valence-corrected chi connectivity index (χ0v) is 10.3. The van der Waals surface area contributed by atoms with Crippen molar-refractivity contribution in [2.45, 2.75) is 6.61 Å². The first-order valence-corrected chi connectivity index (χ1v) is 5.56. The van der Waals surface area contributed by atoms with Crippen molar-refractivity contribution in [2.75, 3.05) is 0 Å². The van der Waals surface area contributed by atoms with Gasteiger partial charge in [0.25, 0.3) is 0 Å². The van der Waals surface area contributed by atoms with Crippen LogP contribution in [0.3, 0.4) is 0 Å². The van der Waals surface area contributed by atoms with Gasteiger partial charge in [-0.3, -0.25) is 0 Å². The van der Waals surface area contributed by atoms with Gasteiger partial charge in [-0.1, -0.05) is 11.6 Å². The molecule has 0 aliphatic carbocycles. The number of hydrogen-bond acceptors (Lipinski definition) is 3. The Balaban J connectivity index is 2.13. The molecule has 2 aromatic rings. The highest BCUT2D eigenvalue weighted by molar-refractivity contribution is 6.30. The lowest BCUT2D eigenvalue weighted by Crippen LogP contribution is -2.04. The van der Waals surface area contributed by atoms with Crippen molar-refractivity contribution in [3.63, 3.8) is 0 Å². The minimum Gasteiger partial charge on any atom is -0.484 e. The van der Waals surface area contributed by atoms with E-state index in [1.165, 1.54) is 12.1 Å². The van der Waals surface area contributed by atoms with E-state index in [1.807, 2.05) is 0 Å². The molecule has 0 N–H and O–H groups in total. The van der Waals surface area contributed by atoms with E-state index in [1.54, 1.807) is 0 Å². The van der Waals surface area contributed by atoms with Crippen molar-refractivity contribution in [1.82, 2.24) is 9.97 Å². The Morgan fingerprint density at radius 2 is 1.94 bits per heavy atom. The topological polar surface area (TPSA) is 35.0 Å². The molecule has 0 atom stereocenters. The maximum Gasteiger partial charge on any atom is 0.222 e. The monoisotopic (exact) mass is 290 g/mol. The molecule has 0 saturated heterocycles. The van der Waals surface area contributed by atoms with E-state index in [-0.39, 0.29) is 28.4 Å². The molecule has 94 valence electrons. The SMILES string of the molecule is Fc1cc(Cl)ccc1OCc1nc(Cl)ncc1F. The smallest absolute Gasteiger partial charge is 0.222 e. The van der Waals surface area contributed by atoms with Gasteiger partial charge in [0.05, 0.1) is 6.20 Å². The fourth-order valence-electron chi connectivity index (χ4n) is 1.22. The molecule has 3 nitrogen and oxygen atoms in total. The number of rotatable bonds is 3. The minimum atomic E-state index is -0.672. The summed E-state index contributed by atoms with van der Waals surface area (Å²) < 4.78 is 31.7. The molecule has 0 aliphatic heterocycles. The first-order chi connectivity index (χ1) is 8.56. The molecular weight excluding hydrogens is 285 g/mol. The lowest BCUT2D eigenvalue weighted by atomic mass is 10.3. The van der Waals surface area contributed by atoms with Crippen LogP contribution in [-0.4, -0.2) is 9.97 Å². The van der Waals surface area contributed by atoms with Crippen molar-refractivity contribution < 1.29 is 13.5 Å². The zero-order valence-electron chi connectivity index (χ0n) is 8.83. The van der Waals surface area contributed by atoms with Crippen LogP contribution in [0.2, 0.25) is 10.3 Å². The summed E-state index contributed by atoms with van der Waals surface area (Å²) in [6.07, 6.45) is 0.923. The van der Waals surface area contributed by atoms with Crippen LogP contribution in [0.4, 0.5) is 8.78 Å². The summed E-state index contributed by atoms with van der Waals surface area (Å²) in [5.74, 6) is -1.36. The van der Waals surface area contributed by atoms with Crippen LogP contribution < -0.4 is 4.74 Å². The quantitative estimate of drug-likeness (QED) is 0.810. The summed E-state index contributed by atoms with van der Waals surface area (Å²) in [6.45, 7) is -0.257. The van der Waals surface area contributed by atoms with Gasteiger partial charge in [0.1, 0.15) is 12.3 Å². The molecule has 18 heavy (non-hydrogen) atoms. The molecule has 0 radical (unpaired) electrons. The highest BCUT2D eigenvalue weighted by Gasteiger charge is 2.09. The number of nitrogens with zero attached hydrogens (tertiary/aromatic N) is 2. The molecule has 1 aromatic heterocycles. The van der Waals surface area contributed by atoms with Crippen LogP contribution in [0, 0.1) is 11.6 Å². The standard InChI is InChI=1S/C11H6Cl2F2N2O/c12-6-1-2-10(7(14)3-6)18-5-9-8(15)4-16-11(13)17-9/h1-4H,5H2. The average molecular weight is 291 g/mol. The van der Waals surface area contributed by atoms with Crippen molar-refractivity contribution in [2.24, 2.45) is 0 Å². The van der Waals surface area contributed by atoms with E-state index < -0.39 is 11.6 Å². The molecular formula is C11H6Cl2F2N2O. The molecule has 1 heterocycles. The summed E-state index contributed by atoms with van der Waals surface area (Å²) in [4.78, 5) is 7.10. The Kier molecular flexibility index (Phi) is 3.93. The first kappa shape index (κ1) is 13.0. The normalized spacial score (nSPS) is 10.4. The maximum atomic E-state index is 13.4. The third kappa shape index (κ3) is 3.05. The summed E-state index contributed by atoms with van der Waals surface area (Å²) in [5.41, 5.74) is -0.0515. The van der Waals surface area contributed by atoms with E-state index in [2.05, 4.69) is 9.97 Å². The molecule has 0 saturated carbocycles. The van der Waals surface area contributed by atoms with Crippen molar-refractivity contribution in [3.8, 4) is 5.75 Å². The third-order valence-electron chi connectivity index (χ3n) is 2.05. The van der Waals surface area contributed by atoms with Crippen molar-refractivity contribution >= 4 is 23.2 Å². The zero-order chi connectivity index (χ0) is 13.1. The van der Waals surface area contributed by atoms with Gasteiger partial charge in [-0.05, 0) is 29.8 Å². The van der Waals surface area contributed by atoms with E-state index in [4.69, 9.17) is 27.9 Å². The first-order valence-electron chi connectivity index (χ1n) is 4.81. The predicted molar refractivity (Wildman–Crippen MR) is 62.7 cm³/mol. The molecule has 2 rings (SSSR count). The van der Waals surface area contributed by atoms with Crippen molar-refractivity contribution in [3.05, 3.63) is 52.0 Å². The van der Waals surface area contributed by atoms with Gasteiger partial charge in [0, 0.05) is 5.02 Å². The highest BCUT2D eigenvalue weighted by atomic mass is 35.5. The highest BCUT2D eigenvalue weighted by Crippen LogP contribution is 2.22. The molecule has 0 aliphatic rings. The number of benzene rings is 1. The van der Waals surface area contributed by atoms with Crippen LogP contribution in [0.5, 0.6) is 5.75 Å². The van der Waals surface area contributed by atoms with Gasteiger partial charge < -0.3 is 4.74 Å². The Labute approximate surface area is 111 Å². The minimum absolute atomic E-state index is 0.0477. The fraction of sp³-hybridized carbons (Fsp3) is 0.0909. The second-order valence-electron chi connectivity index (χ2n) is 3.30. The van der Waals surface area contributed by atoms with E-state index in [0.29, 0.717) is 0 Å². The van der Waals surface area contributed by atoms with Crippen LogP contribution in [0.1, 0.15) is 5.69 Å². The number of hydrogen-bond donors (Lipinski definition) is 0. The second-order valence-corrected chi connectivity index (χ2v) is 4.07. The molecule has 0 fully saturated rings. The Hall–Kier alpha value is -1.46. The second kappa shape index (κ2) is 5.46. The number of aromatic nitrogens is 2.